The van der Waals surface area contributed by atoms with Crippen molar-refractivity contribution in [2.45, 2.75) is 50.5 Å². The molecule has 30 heavy (non-hydrogen) atoms. The molecular formula is C26H34N2O2. The molecule has 3 aliphatic heterocycles. The van der Waals surface area contributed by atoms with Gasteiger partial charge >= 0.3 is 0 Å². The summed E-state index contributed by atoms with van der Waals surface area (Å²) < 4.78 is 6.19. The standard InChI is InChI=1S/C26H34N2O2/c29-21-8-4-7-20(17-21)25-19-28-15-5-9-26(28)24-18-22(10-11-23(24)25)30-16-6-14-27-12-2-1-3-13-27/h4,7-8,10-11,17-18,25-26,29H,1-3,5-6,9,12-16,19H2/t25-,26-/m1/s1. The van der Waals surface area contributed by atoms with Gasteiger partial charge in [-0.3, -0.25) is 4.90 Å². The van der Waals surface area contributed by atoms with E-state index in [2.05, 4.69) is 34.1 Å². The topological polar surface area (TPSA) is 35.9 Å². The molecule has 0 spiro atoms. The van der Waals surface area contributed by atoms with Crippen molar-refractivity contribution < 1.29 is 9.84 Å². The molecule has 2 aromatic rings. The monoisotopic (exact) mass is 406 g/mol. The van der Waals surface area contributed by atoms with Crippen LogP contribution in [-0.4, -0.2) is 54.2 Å². The van der Waals surface area contributed by atoms with Crippen LogP contribution in [0, 0.1) is 0 Å². The number of nitrogens with zero attached hydrogens (tertiary/aromatic N) is 2. The van der Waals surface area contributed by atoms with Gasteiger partial charge in [-0.05, 0) is 92.7 Å². The fourth-order valence-corrected chi connectivity index (χ4v) is 5.67. The lowest BCUT2D eigenvalue weighted by Crippen LogP contribution is -2.34. The maximum Gasteiger partial charge on any atom is 0.119 e. The van der Waals surface area contributed by atoms with E-state index in [1.165, 1.54) is 68.4 Å². The molecular weight excluding hydrogens is 372 g/mol. The molecule has 0 amide bonds. The van der Waals surface area contributed by atoms with Crippen molar-refractivity contribution in [3.8, 4) is 11.5 Å². The first kappa shape index (κ1) is 19.9. The van der Waals surface area contributed by atoms with Crippen LogP contribution in [0.3, 0.4) is 0 Å². The second-order valence-corrected chi connectivity index (χ2v) is 9.20. The molecule has 0 aliphatic carbocycles. The number of hydrogen-bond acceptors (Lipinski definition) is 4. The lowest BCUT2D eigenvalue weighted by molar-refractivity contribution is 0.204. The predicted octanol–water partition coefficient (Wildman–Crippen LogP) is 4.93. The van der Waals surface area contributed by atoms with E-state index in [1.807, 2.05) is 12.1 Å². The summed E-state index contributed by atoms with van der Waals surface area (Å²) in [6.45, 7) is 6.66. The van der Waals surface area contributed by atoms with Crippen LogP contribution >= 0.6 is 0 Å². The first-order chi connectivity index (χ1) is 14.8. The zero-order valence-corrected chi connectivity index (χ0v) is 17.9. The van der Waals surface area contributed by atoms with Gasteiger partial charge in [0.2, 0.25) is 0 Å². The van der Waals surface area contributed by atoms with E-state index < -0.39 is 0 Å². The number of piperidine rings is 1. The van der Waals surface area contributed by atoms with Crippen LogP contribution in [0.4, 0.5) is 0 Å². The number of fused-ring (bicyclic) bond motifs is 3. The minimum Gasteiger partial charge on any atom is -0.508 e. The molecule has 2 fully saturated rings. The summed E-state index contributed by atoms with van der Waals surface area (Å²) in [6.07, 6.45) is 7.69. The number of rotatable bonds is 6. The van der Waals surface area contributed by atoms with Gasteiger partial charge in [-0.1, -0.05) is 24.6 Å². The van der Waals surface area contributed by atoms with E-state index in [9.17, 15) is 5.11 Å². The quantitative estimate of drug-likeness (QED) is 0.690. The van der Waals surface area contributed by atoms with Gasteiger partial charge in [-0.2, -0.15) is 0 Å². The molecule has 2 saturated heterocycles. The summed E-state index contributed by atoms with van der Waals surface area (Å²) in [4.78, 5) is 5.20. The average Bonchev–Trinajstić information content (AvgIpc) is 3.26. The Morgan fingerprint density at radius 3 is 2.70 bits per heavy atom. The third-order valence-corrected chi connectivity index (χ3v) is 7.18. The summed E-state index contributed by atoms with van der Waals surface area (Å²) in [6, 6.07) is 15.0. The molecule has 3 aliphatic rings. The van der Waals surface area contributed by atoms with Gasteiger partial charge < -0.3 is 14.7 Å². The van der Waals surface area contributed by atoms with E-state index in [1.54, 1.807) is 6.07 Å². The van der Waals surface area contributed by atoms with E-state index in [4.69, 9.17) is 4.74 Å². The Labute approximate surface area is 180 Å². The Kier molecular flexibility index (Phi) is 5.96. The lowest BCUT2D eigenvalue weighted by Gasteiger charge is -2.37. The van der Waals surface area contributed by atoms with Crippen LogP contribution in [-0.2, 0) is 0 Å². The van der Waals surface area contributed by atoms with Crippen LogP contribution in [0.5, 0.6) is 11.5 Å². The van der Waals surface area contributed by atoms with Crippen molar-refractivity contribution in [1.29, 1.82) is 0 Å². The Morgan fingerprint density at radius 1 is 0.933 bits per heavy atom. The number of phenolic OH excluding ortho intramolecular Hbond substituents is 1. The highest BCUT2D eigenvalue weighted by Gasteiger charge is 2.36. The van der Waals surface area contributed by atoms with E-state index >= 15 is 0 Å². The van der Waals surface area contributed by atoms with Crippen LogP contribution in [0.15, 0.2) is 42.5 Å². The smallest absolute Gasteiger partial charge is 0.119 e. The minimum absolute atomic E-state index is 0.314. The largest absolute Gasteiger partial charge is 0.508 e. The SMILES string of the molecule is Oc1cccc([C@H]2CN3CCC[C@@H]3c3cc(OCCCN4CCCCC4)ccc32)c1. The number of phenols is 1. The lowest BCUT2D eigenvalue weighted by atomic mass is 9.81. The van der Waals surface area contributed by atoms with Crippen molar-refractivity contribution in [3.05, 3.63) is 59.2 Å². The third kappa shape index (κ3) is 4.21. The van der Waals surface area contributed by atoms with Gasteiger partial charge in [0.05, 0.1) is 6.61 Å². The van der Waals surface area contributed by atoms with Crippen molar-refractivity contribution >= 4 is 0 Å². The second kappa shape index (κ2) is 8.99. The van der Waals surface area contributed by atoms with Crippen LogP contribution in [0.1, 0.15) is 67.2 Å². The molecule has 0 saturated carbocycles. The number of hydrogen-bond donors (Lipinski definition) is 1. The summed E-state index contributed by atoms with van der Waals surface area (Å²) in [5.74, 6) is 1.68. The molecule has 1 N–H and O–H groups in total. The highest BCUT2D eigenvalue weighted by Crippen LogP contribution is 2.45. The number of ether oxygens (including phenoxy) is 1. The average molecular weight is 407 g/mol. The maximum absolute atomic E-state index is 10.0. The Hall–Kier alpha value is -2.04. The first-order valence-electron chi connectivity index (χ1n) is 11.8. The maximum atomic E-state index is 10.0. The van der Waals surface area contributed by atoms with Gasteiger partial charge in [-0.25, -0.2) is 0 Å². The molecule has 0 unspecified atom stereocenters. The highest BCUT2D eigenvalue weighted by atomic mass is 16.5. The molecule has 3 heterocycles. The van der Waals surface area contributed by atoms with E-state index in [-0.39, 0.29) is 0 Å². The molecule has 4 heteroatoms. The summed E-state index contributed by atoms with van der Waals surface area (Å²) in [5, 5.41) is 10.0. The first-order valence-corrected chi connectivity index (χ1v) is 11.8. The third-order valence-electron chi connectivity index (χ3n) is 7.18. The van der Waals surface area contributed by atoms with E-state index in [0.29, 0.717) is 17.7 Å². The van der Waals surface area contributed by atoms with Crippen LogP contribution < -0.4 is 4.74 Å². The van der Waals surface area contributed by atoms with E-state index in [0.717, 1.165) is 31.9 Å². The molecule has 2 atom stereocenters. The molecule has 160 valence electrons. The zero-order valence-electron chi connectivity index (χ0n) is 17.9. The van der Waals surface area contributed by atoms with Crippen molar-refractivity contribution in [2.75, 3.05) is 39.3 Å². The molecule has 5 rings (SSSR count). The van der Waals surface area contributed by atoms with Crippen molar-refractivity contribution in [1.82, 2.24) is 9.80 Å². The molecule has 4 nitrogen and oxygen atoms in total. The highest BCUT2D eigenvalue weighted by molar-refractivity contribution is 5.47. The Balaban J connectivity index is 1.30. The second-order valence-electron chi connectivity index (χ2n) is 9.20. The molecule has 0 radical (unpaired) electrons. The van der Waals surface area contributed by atoms with Crippen LogP contribution in [0.25, 0.3) is 0 Å². The summed E-state index contributed by atoms with van der Waals surface area (Å²) in [5.41, 5.74) is 4.04. The number of benzene rings is 2. The zero-order chi connectivity index (χ0) is 20.3. The fourth-order valence-electron chi connectivity index (χ4n) is 5.67. The molecule has 0 bridgehead atoms. The van der Waals surface area contributed by atoms with Crippen LogP contribution in [0.2, 0.25) is 0 Å². The fraction of sp³-hybridized carbons (Fsp3) is 0.538. The summed E-state index contributed by atoms with van der Waals surface area (Å²) in [7, 11) is 0. The van der Waals surface area contributed by atoms with Gasteiger partial charge in [0.25, 0.3) is 0 Å². The van der Waals surface area contributed by atoms with Gasteiger partial charge in [0.15, 0.2) is 0 Å². The normalized spacial score (nSPS) is 24.4. The van der Waals surface area contributed by atoms with Gasteiger partial charge in [0, 0.05) is 25.0 Å². The Morgan fingerprint density at radius 2 is 1.83 bits per heavy atom. The molecule has 2 aromatic carbocycles. The van der Waals surface area contributed by atoms with Crippen molar-refractivity contribution in [2.24, 2.45) is 0 Å². The number of likely N-dealkylation sites (tertiary alicyclic amines) is 1. The Bertz CT molecular complexity index is 862. The van der Waals surface area contributed by atoms with Crippen molar-refractivity contribution in [3.63, 3.8) is 0 Å². The molecule has 0 aromatic heterocycles. The van der Waals surface area contributed by atoms with Gasteiger partial charge in [0.1, 0.15) is 11.5 Å². The predicted molar refractivity (Wildman–Crippen MR) is 120 cm³/mol. The summed E-state index contributed by atoms with van der Waals surface area (Å²) >= 11 is 0. The minimum atomic E-state index is 0.314. The number of aromatic hydroxyl groups is 1. The van der Waals surface area contributed by atoms with Gasteiger partial charge in [-0.15, -0.1) is 0 Å².